The number of amides is 1. The molecule has 5 nitrogen and oxygen atoms in total. The lowest BCUT2D eigenvalue weighted by Gasteiger charge is -2.13. The summed E-state index contributed by atoms with van der Waals surface area (Å²) in [6.07, 6.45) is 2.76. The van der Waals surface area contributed by atoms with Crippen LogP contribution in [0.2, 0.25) is 0 Å². The van der Waals surface area contributed by atoms with Crippen LogP contribution in [0.15, 0.2) is 64.0 Å². The standard InChI is InChI=1S/C16H14N2O3/c1-11(12-6-3-2-4-7-12)18-16(19)14-15(21-10-17-14)13-8-5-9-20-13/h2-11H,1H3,(H,18,19). The number of nitrogens with one attached hydrogen (secondary N) is 1. The fourth-order valence-electron chi connectivity index (χ4n) is 2.08. The fourth-order valence-corrected chi connectivity index (χ4v) is 2.08. The van der Waals surface area contributed by atoms with E-state index in [9.17, 15) is 4.79 Å². The second-order valence-electron chi connectivity index (χ2n) is 4.61. The van der Waals surface area contributed by atoms with E-state index in [1.165, 1.54) is 12.7 Å². The number of hydrogen-bond donors (Lipinski definition) is 1. The molecule has 1 N–H and O–H groups in total. The molecule has 0 fully saturated rings. The van der Waals surface area contributed by atoms with Gasteiger partial charge in [0.15, 0.2) is 17.8 Å². The molecule has 0 spiro atoms. The van der Waals surface area contributed by atoms with Crippen LogP contribution < -0.4 is 5.32 Å². The Bertz CT molecular complexity index is 717. The normalized spacial score (nSPS) is 12.0. The van der Waals surface area contributed by atoms with Gasteiger partial charge >= 0.3 is 0 Å². The molecule has 0 radical (unpaired) electrons. The van der Waals surface area contributed by atoms with E-state index < -0.39 is 0 Å². The molecular formula is C16H14N2O3. The maximum atomic E-state index is 12.3. The third-order valence-corrected chi connectivity index (χ3v) is 3.17. The van der Waals surface area contributed by atoms with Gasteiger partial charge in [-0.2, -0.15) is 0 Å². The number of carbonyl (C=O) groups is 1. The highest BCUT2D eigenvalue weighted by molar-refractivity contribution is 5.97. The molecule has 3 rings (SSSR count). The summed E-state index contributed by atoms with van der Waals surface area (Å²) in [5.41, 5.74) is 1.24. The van der Waals surface area contributed by atoms with Gasteiger partial charge in [0, 0.05) is 0 Å². The fraction of sp³-hybridized carbons (Fsp3) is 0.125. The highest BCUT2D eigenvalue weighted by Crippen LogP contribution is 2.24. The number of carbonyl (C=O) groups excluding carboxylic acids is 1. The van der Waals surface area contributed by atoms with E-state index in [0.29, 0.717) is 11.5 Å². The van der Waals surface area contributed by atoms with Gasteiger partial charge in [0.05, 0.1) is 12.3 Å². The Kier molecular flexibility index (Phi) is 3.55. The summed E-state index contributed by atoms with van der Waals surface area (Å²) < 4.78 is 10.5. The zero-order valence-electron chi connectivity index (χ0n) is 11.4. The molecule has 0 aliphatic heterocycles. The van der Waals surface area contributed by atoms with Crippen LogP contribution in [0.3, 0.4) is 0 Å². The quantitative estimate of drug-likeness (QED) is 0.796. The minimum absolute atomic E-state index is 0.125. The molecule has 0 saturated heterocycles. The van der Waals surface area contributed by atoms with Gasteiger partial charge in [0.1, 0.15) is 0 Å². The monoisotopic (exact) mass is 282 g/mol. The van der Waals surface area contributed by atoms with Gasteiger partial charge in [-0.25, -0.2) is 4.98 Å². The Morgan fingerprint density at radius 3 is 2.67 bits per heavy atom. The first-order valence-corrected chi connectivity index (χ1v) is 6.59. The Hall–Kier alpha value is -2.82. The molecule has 0 aliphatic rings. The molecule has 106 valence electrons. The zero-order chi connectivity index (χ0) is 14.7. The van der Waals surface area contributed by atoms with Crippen LogP contribution in [0.5, 0.6) is 0 Å². The van der Waals surface area contributed by atoms with Crippen molar-refractivity contribution >= 4 is 5.91 Å². The molecule has 0 saturated carbocycles. The second-order valence-corrected chi connectivity index (χ2v) is 4.61. The van der Waals surface area contributed by atoms with E-state index in [-0.39, 0.29) is 17.6 Å². The highest BCUT2D eigenvalue weighted by atomic mass is 16.4. The first-order chi connectivity index (χ1) is 10.3. The molecule has 0 bridgehead atoms. The summed E-state index contributed by atoms with van der Waals surface area (Å²) in [5, 5.41) is 2.90. The Balaban J connectivity index is 1.79. The van der Waals surface area contributed by atoms with Crippen LogP contribution in [0.1, 0.15) is 29.0 Å². The van der Waals surface area contributed by atoms with Crippen LogP contribution in [0, 0.1) is 0 Å². The third kappa shape index (κ3) is 2.72. The zero-order valence-corrected chi connectivity index (χ0v) is 11.4. The summed E-state index contributed by atoms with van der Waals surface area (Å²) in [6, 6.07) is 13.0. The van der Waals surface area contributed by atoms with Gasteiger partial charge < -0.3 is 14.2 Å². The Labute approximate surface area is 121 Å². The van der Waals surface area contributed by atoms with E-state index in [1.807, 2.05) is 37.3 Å². The molecule has 5 heteroatoms. The van der Waals surface area contributed by atoms with Crippen molar-refractivity contribution in [3.63, 3.8) is 0 Å². The average molecular weight is 282 g/mol. The van der Waals surface area contributed by atoms with Crippen LogP contribution in [0.25, 0.3) is 11.5 Å². The molecular weight excluding hydrogens is 268 g/mol. The van der Waals surface area contributed by atoms with Crippen molar-refractivity contribution in [1.82, 2.24) is 10.3 Å². The molecule has 2 heterocycles. The van der Waals surface area contributed by atoms with Crippen molar-refractivity contribution < 1.29 is 13.6 Å². The second kappa shape index (κ2) is 5.66. The van der Waals surface area contributed by atoms with Crippen LogP contribution in [-0.2, 0) is 0 Å². The van der Waals surface area contributed by atoms with Crippen LogP contribution >= 0.6 is 0 Å². The number of furan rings is 1. The van der Waals surface area contributed by atoms with E-state index in [1.54, 1.807) is 12.1 Å². The molecule has 1 unspecified atom stereocenters. The SMILES string of the molecule is CC(NC(=O)c1ncoc1-c1ccco1)c1ccccc1. The van der Waals surface area contributed by atoms with Gasteiger partial charge in [0.2, 0.25) is 5.76 Å². The lowest BCUT2D eigenvalue weighted by Crippen LogP contribution is -2.27. The predicted octanol–water partition coefficient (Wildman–Crippen LogP) is 3.43. The lowest BCUT2D eigenvalue weighted by molar-refractivity contribution is 0.0935. The first-order valence-electron chi connectivity index (χ1n) is 6.59. The Morgan fingerprint density at radius 1 is 1.14 bits per heavy atom. The number of hydrogen-bond acceptors (Lipinski definition) is 4. The number of benzene rings is 1. The average Bonchev–Trinajstić information content (AvgIpc) is 3.18. The minimum Gasteiger partial charge on any atom is -0.461 e. The van der Waals surface area contributed by atoms with Crippen molar-refractivity contribution in [2.45, 2.75) is 13.0 Å². The van der Waals surface area contributed by atoms with E-state index >= 15 is 0 Å². The smallest absolute Gasteiger partial charge is 0.274 e. The van der Waals surface area contributed by atoms with Crippen LogP contribution in [-0.4, -0.2) is 10.9 Å². The van der Waals surface area contributed by atoms with Crippen LogP contribution in [0.4, 0.5) is 0 Å². The summed E-state index contributed by atoms with van der Waals surface area (Å²) in [5.74, 6) is 0.509. The molecule has 1 amide bonds. The van der Waals surface area contributed by atoms with E-state index in [0.717, 1.165) is 5.56 Å². The van der Waals surface area contributed by atoms with Crippen molar-refractivity contribution in [1.29, 1.82) is 0 Å². The van der Waals surface area contributed by atoms with Crippen molar-refractivity contribution in [2.24, 2.45) is 0 Å². The molecule has 3 aromatic rings. The van der Waals surface area contributed by atoms with Gasteiger partial charge in [-0.3, -0.25) is 4.79 Å². The number of aromatic nitrogens is 1. The largest absolute Gasteiger partial charge is 0.461 e. The number of nitrogens with zero attached hydrogens (tertiary/aromatic N) is 1. The van der Waals surface area contributed by atoms with Crippen molar-refractivity contribution in [3.05, 3.63) is 66.4 Å². The minimum atomic E-state index is -0.300. The van der Waals surface area contributed by atoms with E-state index in [2.05, 4.69) is 10.3 Å². The van der Waals surface area contributed by atoms with E-state index in [4.69, 9.17) is 8.83 Å². The molecule has 21 heavy (non-hydrogen) atoms. The summed E-state index contributed by atoms with van der Waals surface area (Å²) >= 11 is 0. The topological polar surface area (TPSA) is 68.3 Å². The van der Waals surface area contributed by atoms with Crippen molar-refractivity contribution in [2.75, 3.05) is 0 Å². The number of rotatable bonds is 4. The maximum Gasteiger partial charge on any atom is 0.274 e. The maximum absolute atomic E-state index is 12.3. The molecule has 1 aromatic carbocycles. The van der Waals surface area contributed by atoms with Gasteiger partial charge in [0.25, 0.3) is 5.91 Å². The first kappa shape index (κ1) is 13.2. The predicted molar refractivity (Wildman–Crippen MR) is 76.5 cm³/mol. The molecule has 1 atom stereocenters. The van der Waals surface area contributed by atoms with Gasteiger partial charge in [-0.15, -0.1) is 0 Å². The highest BCUT2D eigenvalue weighted by Gasteiger charge is 2.21. The molecule has 2 aromatic heterocycles. The third-order valence-electron chi connectivity index (χ3n) is 3.17. The van der Waals surface area contributed by atoms with Crippen molar-refractivity contribution in [3.8, 4) is 11.5 Å². The summed E-state index contributed by atoms with van der Waals surface area (Å²) in [6.45, 7) is 1.92. The Morgan fingerprint density at radius 2 is 1.95 bits per heavy atom. The number of oxazole rings is 1. The van der Waals surface area contributed by atoms with Gasteiger partial charge in [-0.1, -0.05) is 30.3 Å². The lowest BCUT2D eigenvalue weighted by atomic mass is 10.1. The molecule has 0 aliphatic carbocycles. The summed E-state index contributed by atoms with van der Waals surface area (Å²) in [7, 11) is 0. The van der Waals surface area contributed by atoms with Gasteiger partial charge in [-0.05, 0) is 24.6 Å². The summed E-state index contributed by atoms with van der Waals surface area (Å²) in [4.78, 5) is 16.3.